The molecule has 1 heterocycles. The van der Waals surface area contributed by atoms with Gasteiger partial charge in [-0.3, -0.25) is 0 Å². The molecule has 102 valence electrons. The number of hydrogen-bond donors (Lipinski definition) is 1. The molecule has 0 amide bonds. The molecule has 0 saturated carbocycles. The average Bonchev–Trinajstić information content (AvgIpc) is 2.74. The van der Waals surface area contributed by atoms with Crippen molar-refractivity contribution in [3.05, 3.63) is 0 Å². The number of nitrogens with zero attached hydrogens (tertiary/aromatic N) is 1. The Kier molecular flexibility index (Phi) is 6.90. The summed E-state index contributed by atoms with van der Waals surface area (Å²) in [6.07, 6.45) is 7.56. The van der Waals surface area contributed by atoms with Gasteiger partial charge in [-0.15, -0.1) is 0 Å². The second-order valence-corrected chi connectivity index (χ2v) is 6.71. The van der Waals surface area contributed by atoms with E-state index in [1.807, 2.05) is 11.8 Å². The first-order valence-corrected chi connectivity index (χ1v) is 8.43. The Morgan fingerprint density at radius 3 is 2.76 bits per heavy atom. The molecule has 1 N–H and O–H groups in total. The number of thioether (sulfide) groups is 1. The number of hydrogen-bond acceptors (Lipinski definition) is 3. The van der Waals surface area contributed by atoms with Gasteiger partial charge in [-0.05, 0) is 57.2 Å². The number of rotatable bonds is 8. The summed E-state index contributed by atoms with van der Waals surface area (Å²) in [7, 11) is 2.31. The smallest absolute Gasteiger partial charge is 0.00719 e. The van der Waals surface area contributed by atoms with Crippen LogP contribution in [0.25, 0.3) is 0 Å². The molecule has 3 heteroatoms. The van der Waals surface area contributed by atoms with Gasteiger partial charge < -0.3 is 10.2 Å². The Balaban J connectivity index is 2.43. The topological polar surface area (TPSA) is 15.3 Å². The van der Waals surface area contributed by atoms with E-state index >= 15 is 0 Å². The minimum atomic E-state index is 0.553. The fourth-order valence-corrected chi connectivity index (χ4v) is 3.52. The van der Waals surface area contributed by atoms with Crippen molar-refractivity contribution in [2.45, 2.75) is 45.6 Å². The van der Waals surface area contributed by atoms with Gasteiger partial charge in [0.1, 0.15) is 0 Å². The van der Waals surface area contributed by atoms with Crippen molar-refractivity contribution in [1.82, 2.24) is 10.2 Å². The van der Waals surface area contributed by atoms with Crippen molar-refractivity contribution in [3.63, 3.8) is 0 Å². The molecule has 1 rings (SSSR count). The second kappa shape index (κ2) is 7.65. The molecule has 0 spiro atoms. The van der Waals surface area contributed by atoms with E-state index in [1.54, 1.807) is 0 Å². The highest BCUT2D eigenvalue weighted by molar-refractivity contribution is 7.98. The van der Waals surface area contributed by atoms with Crippen LogP contribution in [0.3, 0.4) is 0 Å². The van der Waals surface area contributed by atoms with Gasteiger partial charge >= 0.3 is 0 Å². The quantitative estimate of drug-likeness (QED) is 0.721. The van der Waals surface area contributed by atoms with Gasteiger partial charge in [0.05, 0.1) is 0 Å². The van der Waals surface area contributed by atoms with Crippen LogP contribution in [0.15, 0.2) is 0 Å². The molecule has 0 aromatic carbocycles. The molecule has 17 heavy (non-hydrogen) atoms. The number of nitrogens with one attached hydrogen (secondary N) is 1. The third-order valence-electron chi connectivity index (χ3n) is 4.19. The van der Waals surface area contributed by atoms with Crippen molar-refractivity contribution in [1.29, 1.82) is 0 Å². The fraction of sp³-hybridized carbons (Fsp3) is 1.00. The van der Waals surface area contributed by atoms with Crippen LogP contribution in [-0.4, -0.2) is 49.6 Å². The predicted molar refractivity (Wildman–Crippen MR) is 79.9 cm³/mol. The standard InChI is InChI=1S/C14H30N2S/c1-5-7-14(8-9-15-11-14)12-16(3)13(2)6-10-17-4/h13,15H,5-12H2,1-4H3. The summed E-state index contributed by atoms with van der Waals surface area (Å²) >= 11 is 1.96. The van der Waals surface area contributed by atoms with Gasteiger partial charge in [0, 0.05) is 19.1 Å². The van der Waals surface area contributed by atoms with Crippen LogP contribution in [-0.2, 0) is 0 Å². The molecule has 2 unspecified atom stereocenters. The first-order chi connectivity index (χ1) is 8.13. The van der Waals surface area contributed by atoms with E-state index in [9.17, 15) is 0 Å². The highest BCUT2D eigenvalue weighted by atomic mass is 32.2. The fourth-order valence-electron chi connectivity index (χ4n) is 2.95. The summed E-state index contributed by atoms with van der Waals surface area (Å²) in [6.45, 7) is 8.40. The van der Waals surface area contributed by atoms with Crippen molar-refractivity contribution in [3.8, 4) is 0 Å². The highest BCUT2D eigenvalue weighted by Crippen LogP contribution is 2.32. The molecule has 0 aromatic rings. The van der Waals surface area contributed by atoms with Crippen LogP contribution in [0.4, 0.5) is 0 Å². The lowest BCUT2D eigenvalue weighted by Crippen LogP contribution is -2.41. The summed E-state index contributed by atoms with van der Waals surface area (Å²) in [5.41, 5.74) is 0.553. The lowest BCUT2D eigenvalue weighted by Gasteiger charge is -2.36. The summed E-state index contributed by atoms with van der Waals surface area (Å²) in [4.78, 5) is 2.58. The Hall–Kier alpha value is 0.270. The lowest BCUT2D eigenvalue weighted by atomic mass is 9.82. The zero-order valence-corrected chi connectivity index (χ0v) is 12.9. The van der Waals surface area contributed by atoms with E-state index in [4.69, 9.17) is 0 Å². The SMILES string of the molecule is CCCC1(CN(C)C(C)CCSC)CCNC1. The molecule has 0 bridgehead atoms. The average molecular weight is 258 g/mol. The zero-order valence-electron chi connectivity index (χ0n) is 12.1. The summed E-state index contributed by atoms with van der Waals surface area (Å²) in [6, 6.07) is 0.719. The third-order valence-corrected chi connectivity index (χ3v) is 4.83. The maximum absolute atomic E-state index is 3.55. The summed E-state index contributed by atoms with van der Waals surface area (Å²) in [5.74, 6) is 1.28. The lowest BCUT2D eigenvalue weighted by molar-refractivity contribution is 0.143. The van der Waals surface area contributed by atoms with Gasteiger partial charge in [-0.2, -0.15) is 11.8 Å². The zero-order chi connectivity index (χ0) is 12.7. The molecular formula is C14H30N2S. The normalized spacial score (nSPS) is 26.6. The second-order valence-electron chi connectivity index (χ2n) is 5.72. The van der Waals surface area contributed by atoms with E-state index in [1.165, 1.54) is 51.1 Å². The van der Waals surface area contributed by atoms with Gasteiger partial charge in [0.15, 0.2) is 0 Å². The van der Waals surface area contributed by atoms with E-state index in [0.717, 1.165) is 6.04 Å². The van der Waals surface area contributed by atoms with Crippen molar-refractivity contribution in [2.24, 2.45) is 5.41 Å². The third kappa shape index (κ3) is 4.80. The molecule has 0 radical (unpaired) electrons. The van der Waals surface area contributed by atoms with Crippen LogP contribution in [0.2, 0.25) is 0 Å². The maximum atomic E-state index is 3.55. The van der Waals surface area contributed by atoms with Gasteiger partial charge in [0.25, 0.3) is 0 Å². The van der Waals surface area contributed by atoms with Crippen LogP contribution < -0.4 is 5.32 Å². The molecule has 1 aliphatic rings. The Morgan fingerprint density at radius 1 is 1.47 bits per heavy atom. The molecular weight excluding hydrogens is 228 g/mol. The van der Waals surface area contributed by atoms with Crippen LogP contribution in [0, 0.1) is 5.41 Å². The van der Waals surface area contributed by atoms with Crippen molar-refractivity contribution >= 4 is 11.8 Å². The first kappa shape index (κ1) is 15.3. The summed E-state index contributed by atoms with van der Waals surface area (Å²) in [5, 5.41) is 3.55. The largest absolute Gasteiger partial charge is 0.316 e. The predicted octanol–water partition coefficient (Wildman–Crippen LogP) is 2.84. The van der Waals surface area contributed by atoms with Crippen molar-refractivity contribution < 1.29 is 0 Å². The minimum absolute atomic E-state index is 0.553. The first-order valence-electron chi connectivity index (χ1n) is 7.03. The Morgan fingerprint density at radius 2 is 2.24 bits per heavy atom. The van der Waals surface area contributed by atoms with Crippen molar-refractivity contribution in [2.75, 3.05) is 38.7 Å². The van der Waals surface area contributed by atoms with Crippen LogP contribution in [0.1, 0.15) is 39.5 Å². The van der Waals surface area contributed by atoms with Gasteiger partial charge in [-0.1, -0.05) is 13.3 Å². The maximum Gasteiger partial charge on any atom is 0.00719 e. The molecule has 1 aliphatic heterocycles. The molecule has 0 aromatic heterocycles. The van der Waals surface area contributed by atoms with E-state index in [-0.39, 0.29) is 0 Å². The molecule has 1 saturated heterocycles. The minimum Gasteiger partial charge on any atom is -0.316 e. The van der Waals surface area contributed by atoms with Crippen LogP contribution >= 0.6 is 11.8 Å². The molecule has 0 aliphatic carbocycles. The van der Waals surface area contributed by atoms with E-state index in [2.05, 4.69) is 37.4 Å². The Bertz CT molecular complexity index is 202. The summed E-state index contributed by atoms with van der Waals surface area (Å²) < 4.78 is 0. The van der Waals surface area contributed by atoms with E-state index < -0.39 is 0 Å². The Labute approximate surface area is 112 Å². The molecule has 2 nitrogen and oxygen atoms in total. The van der Waals surface area contributed by atoms with Crippen LogP contribution in [0.5, 0.6) is 0 Å². The highest BCUT2D eigenvalue weighted by Gasteiger charge is 2.34. The van der Waals surface area contributed by atoms with Gasteiger partial charge in [-0.25, -0.2) is 0 Å². The van der Waals surface area contributed by atoms with E-state index in [0.29, 0.717) is 5.41 Å². The molecule has 1 fully saturated rings. The van der Waals surface area contributed by atoms with Gasteiger partial charge in [0.2, 0.25) is 0 Å². The monoisotopic (exact) mass is 258 g/mol. The molecule has 2 atom stereocenters.